The molecule has 1 rings (SSSR count). The first-order valence-electron chi connectivity index (χ1n) is 4.08. The van der Waals surface area contributed by atoms with Crippen molar-refractivity contribution < 1.29 is 9.90 Å². The van der Waals surface area contributed by atoms with Crippen molar-refractivity contribution in [1.29, 1.82) is 0 Å². The Morgan fingerprint density at radius 3 is 2.93 bits per heavy atom. The smallest absolute Gasteiger partial charge is 0.327 e. The number of carbonyl (C=O) groups is 1. The fraction of sp³-hybridized carbons (Fsp3) is 0.500. The molecule has 3 N–H and O–H groups in total. The van der Waals surface area contributed by atoms with Gasteiger partial charge in [0.2, 0.25) is 0 Å². The Hall–Kier alpha value is -0.980. The van der Waals surface area contributed by atoms with Gasteiger partial charge in [0, 0.05) is 17.6 Å². The van der Waals surface area contributed by atoms with Crippen LogP contribution in [0.25, 0.3) is 0 Å². The van der Waals surface area contributed by atoms with Crippen LogP contribution in [0.3, 0.4) is 0 Å². The van der Waals surface area contributed by atoms with E-state index in [0.717, 1.165) is 11.4 Å². The molecule has 6 heteroatoms. The molecule has 0 aliphatic heterocycles. The Bertz CT molecular complexity index is 324. The fourth-order valence-electron chi connectivity index (χ4n) is 0.957. The number of aliphatic carboxylic acids is 1. The summed E-state index contributed by atoms with van der Waals surface area (Å²) in [7, 11) is 3.88. The zero-order valence-corrected chi connectivity index (χ0v) is 8.91. The predicted molar refractivity (Wildman–Crippen MR) is 54.1 cm³/mol. The van der Waals surface area contributed by atoms with Gasteiger partial charge in [0.15, 0.2) is 6.04 Å². The lowest BCUT2D eigenvalue weighted by Gasteiger charge is -2.05. The lowest BCUT2D eigenvalue weighted by Crippen LogP contribution is -2.20. The molecule has 0 aromatic carbocycles. The summed E-state index contributed by atoms with van der Waals surface area (Å²) in [6.07, 6.45) is 1.67. The SMILES string of the molecule is CN(C)Cc1cnc(C(N)C(=O)O)s1. The van der Waals surface area contributed by atoms with Gasteiger partial charge >= 0.3 is 5.97 Å². The zero-order chi connectivity index (χ0) is 10.7. The molecule has 0 aliphatic rings. The van der Waals surface area contributed by atoms with Crippen LogP contribution in [0.1, 0.15) is 15.9 Å². The van der Waals surface area contributed by atoms with Crippen molar-refractivity contribution in [2.24, 2.45) is 5.73 Å². The summed E-state index contributed by atoms with van der Waals surface area (Å²) >= 11 is 1.34. The summed E-state index contributed by atoms with van der Waals surface area (Å²) in [6.45, 7) is 0.754. The highest BCUT2D eigenvalue weighted by Crippen LogP contribution is 2.19. The fourth-order valence-corrected chi connectivity index (χ4v) is 1.99. The summed E-state index contributed by atoms with van der Waals surface area (Å²) < 4.78 is 0. The second-order valence-corrected chi connectivity index (χ2v) is 4.37. The predicted octanol–water partition coefficient (Wildman–Crippen LogP) is 0.289. The number of thiazole rings is 1. The van der Waals surface area contributed by atoms with Crippen molar-refractivity contribution in [2.75, 3.05) is 14.1 Å². The molecule has 1 aromatic heterocycles. The maximum Gasteiger partial charge on any atom is 0.327 e. The Balaban J connectivity index is 2.72. The molecule has 0 bridgehead atoms. The van der Waals surface area contributed by atoms with Crippen LogP contribution in [-0.4, -0.2) is 35.1 Å². The molecule has 1 aromatic rings. The van der Waals surface area contributed by atoms with Gasteiger partial charge in [-0.15, -0.1) is 11.3 Å². The second-order valence-electron chi connectivity index (χ2n) is 3.22. The molecular formula is C8H13N3O2S. The number of nitrogens with zero attached hydrogens (tertiary/aromatic N) is 2. The highest BCUT2D eigenvalue weighted by Gasteiger charge is 2.18. The van der Waals surface area contributed by atoms with Gasteiger partial charge in [-0.2, -0.15) is 0 Å². The maximum absolute atomic E-state index is 10.6. The number of rotatable bonds is 4. The Morgan fingerprint density at radius 1 is 1.79 bits per heavy atom. The molecule has 0 saturated carbocycles. The van der Waals surface area contributed by atoms with E-state index in [9.17, 15) is 4.79 Å². The average molecular weight is 215 g/mol. The van der Waals surface area contributed by atoms with Gasteiger partial charge in [0.05, 0.1) is 0 Å². The van der Waals surface area contributed by atoms with Crippen molar-refractivity contribution in [3.8, 4) is 0 Å². The zero-order valence-electron chi connectivity index (χ0n) is 8.10. The standard InChI is InChI=1S/C8H13N3O2S/c1-11(2)4-5-3-10-7(14-5)6(9)8(12)13/h3,6H,4,9H2,1-2H3,(H,12,13). The van der Waals surface area contributed by atoms with Crippen LogP contribution in [0, 0.1) is 0 Å². The average Bonchev–Trinajstić information content (AvgIpc) is 2.50. The van der Waals surface area contributed by atoms with Gasteiger partial charge in [-0.3, -0.25) is 4.79 Å². The first kappa shape index (κ1) is 11.1. The molecule has 1 heterocycles. The van der Waals surface area contributed by atoms with E-state index in [1.165, 1.54) is 11.3 Å². The van der Waals surface area contributed by atoms with E-state index in [-0.39, 0.29) is 0 Å². The van der Waals surface area contributed by atoms with E-state index in [0.29, 0.717) is 5.01 Å². The Kier molecular flexibility index (Phi) is 3.56. The van der Waals surface area contributed by atoms with Gasteiger partial charge in [-0.25, -0.2) is 4.98 Å². The minimum atomic E-state index is -1.05. The monoisotopic (exact) mass is 215 g/mol. The number of carboxylic acid groups (broad SMARTS) is 1. The number of nitrogens with two attached hydrogens (primary N) is 1. The summed E-state index contributed by atoms with van der Waals surface area (Å²) in [5, 5.41) is 9.11. The molecule has 5 nitrogen and oxygen atoms in total. The van der Waals surface area contributed by atoms with Crippen molar-refractivity contribution in [2.45, 2.75) is 12.6 Å². The van der Waals surface area contributed by atoms with E-state index < -0.39 is 12.0 Å². The topological polar surface area (TPSA) is 79.5 Å². The van der Waals surface area contributed by atoms with E-state index >= 15 is 0 Å². The van der Waals surface area contributed by atoms with Crippen LogP contribution in [0.5, 0.6) is 0 Å². The normalized spacial score (nSPS) is 13.1. The van der Waals surface area contributed by atoms with E-state index in [2.05, 4.69) is 4.98 Å². The van der Waals surface area contributed by atoms with Gasteiger partial charge in [0.25, 0.3) is 0 Å². The van der Waals surface area contributed by atoms with Gasteiger partial charge in [-0.05, 0) is 14.1 Å². The minimum absolute atomic E-state index is 0.453. The molecule has 14 heavy (non-hydrogen) atoms. The third-order valence-electron chi connectivity index (χ3n) is 1.58. The highest BCUT2D eigenvalue weighted by atomic mass is 32.1. The molecule has 0 spiro atoms. The maximum atomic E-state index is 10.6. The molecule has 0 amide bonds. The molecule has 0 aliphatic carbocycles. The van der Waals surface area contributed by atoms with Crippen LogP contribution in [0.4, 0.5) is 0 Å². The van der Waals surface area contributed by atoms with Gasteiger partial charge in [0.1, 0.15) is 5.01 Å². The number of aromatic nitrogens is 1. The summed E-state index contributed by atoms with van der Waals surface area (Å²) in [4.78, 5) is 17.5. The minimum Gasteiger partial charge on any atom is -0.480 e. The summed E-state index contributed by atoms with van der Waals surface area (Å²) in [6, 6.07) is -1.00. The van der Waals surface area contributed by atoms with E-state index in [1.807, 2.05) is 19.0 Å². The third kappa shape index (κ3) is 2.76. The largest absolute Gasteiger partial charge is 0.480 e. The Labute approximate surface area is 86.2 Å². The lowest BCUT2D eigenvalue weighted by atomic mass is 10.3. The van der Waals surface area contributed by atoms with Crippen molar-refractivity contribution in [3.63, 3.8) is 0 Å². The number of hydrogen-bond acceptors (Lipinski definition) is 5. The third-order valence-corrected chi connectivity index (χ3v) is 2.64. The number of hydrogen-bond donors (Lipinski definition) is 2. The van der Waals surface area contributed by atoms with E-state index in [4.69, 9.17) is 10.8 Å². The van der Waals surface area contributed by atoms with Gasteiger partial charge in [-0.1, -0.05) is 0 Å². The summed E-state index contributed by atoms with van der Waals surface area (Å²) in [5.74, 6) is -1.05. The van der Waals surface area contributed by atoms with Crippen LogP contribution < -0.4 is 5.73 Å². The quantitative estimate of drug-likeness (QED) is 0.754. The molecule has 0 saturated heterocycles. The molecule has 1 unspecified atom stereocenters. The van der Waals surface area contributed by atoms with Crippen molar-refractivity contribution >= 4 is 17.3 Å². The molecule has 0 fully saturated rings. The van der Waals surface area contributed by atoms with Crippen LogP contribution >= 0.6 is 11.3 Å². The van der Waals surface area contributed by atoms with Gasteiger partial charge < -0.3 is 15.7 Å². The van der Waals surface area contributed by atoms with Crippen molar-refractivity contribution in [3.05, 3.63) is 16.1 Å². The molecule has 78 valence electrons. The molecule has 0 radical (unpaired) electrons. The van der Waals surface area contributed by atoms with Crippen LogP contribution in [0.15, 0.2) is 6.20 Å². The van der Waals surface area contributed by atoms with E-state index in [1.54, 1.807) is 6.20 Å². The number of carboxylic acids is 1. The van der Waals surface area contributed by atoms with Crippen molar-refractivity contribution in [1.82, 2.24) is 9.88 Å². The highest BCUT2D eigenvalue weighted by molar-refractivity contribution is 7.11. The lowest BCUT2D eigenvalue weighted by molar-refractivity contribution is -0.138. The first-order chi connectivity index (χ1) is 6.50. The first-order valence-corrected chi connectivity index (χ1v) is 4.90. The molecule has 1 atom stereocenters. The Morgan fingerprint density at radius 2 is 2.43 bits per heavy atom. The van der Waals surface area contributed by atoms with Crippen LogP contribution in [-0.2, 0) is 11.3 Å². The molecular weight excluding hydrogens is 202 g/mol. The van der Waals surface area contributed by atoms with Crippen LogP contribution in [0.2, 0.25) is 0 Å². The summed E-state index contributed by atoms with van der Waals surface area (Å²) in [5.41, 5.74) is 5.42. The second kappa shape index (κ2) is 4.50.